The van der Waals surface area contributed by atoms with E-state index in [0.29, 0.717) is 5.16 Å². The lowest BCUT2D eigenvalue weighted by Gasteiger charge is -1.95. The first kappa shape index (κ1) is 8.18. The lowest BCUT2D eigenvalue weighted by atomic mass is 10.5. The highest BCUT2D eigenvalue weighted by molar-refractivity contribution is 7.99. The Morgan fingerprint density at radius 2 is 2.31 bits per heavy atom. The normalized spacial score (nSPS) is 10.2. The molecule has 2 aromatic heterocycles. The van der Waals surface area contributed by atoms with Gasteiger partial charge in [0.05, 0.1) is 0 Å². The Hall–Kier alpha value is -1.43. The summed E-state index contributed by atoms with van der Waals surface area (Å²) in [6, 6.07) is 3.05. The van der Waals surface area contributed by atoms with Crippen LogP contribution in [-0.4, -0.2) is 20.2 Å². The van der Waals surface area contributed by atoms with Crippen LogP contribution in [0.2, 0.25) is 0 Å². The topological polar surface area (TPSA) is 54.5 Å². The van der Waals surface area contributed by atoms with Gasteiger partial charge in [-0.1, -0.05) is 11.8 Å². The summed E-state index contributed by atoms with van der Waals surface area (Å²) in [6.45, 7) is 0. The maximum absolute atomic E-state index is 12.6. The van der Waals surface area contributed by atoms with E-state index in [1.807, 2.05) is 0 Å². The van der Waals surface area contributed by atoms with Crippen LogP contribution in [0.25, 0.3) is 0 Å². The average molecular weight is 196 g/mol. The van der Waals surface area contributed by atoms with Crippen LogP contribution in [0.3, 0.4) is 0 Å². The molecule has 0 saturated heterocycles. The fourth-order valence-electron chi connectivity index (χ4n) is 0.803. The van der Waals surface area contributed by atoms with Crippen molar-refractivity contribution in [3.8, 4) is 0 Å². The predicted octanol–water partition coefficient (Wildman–Crippen LogP) is 1.49. The summed E-state index contributed by atoms with van der Waals surface area (Å²) in [4.78, 5) is 8.08. The zero-order valence-corrected chi connectivity index (χ0v) is 7.25. The molecule has 0 fully saturated rings. The number of aromatic nitrogens is 4. The smallest absolute Gasteiger partial charge is 0.213 e. The second kappa shape index (κ2) is 3.53. The molecule has 2 aromatic rings. The summed E-state index contributed by atoms with van der Waals surface area (Å²) in [5.41, 5.74) is 0. The number of hydrogen-bond donors (Lipinski definition) is 1. The van der Waals surface area contributed by atoms with Gasteiger partial charge in [0, 0.05) is 17.2 Å². The molecule has 66 valence electrons. The first-order valence-corrected chi connectivity index (χ1v) is 4.31. The lowest BCUT2D eigenvalue weighted by Crippen LogP contribution is -1.82. The van der Waals surface area contributed by atoms with Crippen molar-refractivity contribution in [1.29, 1.82) is 0 Å². The maximum Gasteiger partial charge on any atom is 0.213 e. The Morgan fingerprint density at radius 3 is 3.00 bits per heavy atom. The molecular weight excluding hydrogens is 191 g/mol. The van der Waals surface area contributed by atoms with Crippen molar-refractivity contribution < 1.29 is 4.39 Å². The minimum Gasteiger partial charge on any atom is -0.254 e. The van der Waals surface area contributed by atoms with E-state index < -0.39 is 5.95 Å². The summed E-state index contributed by atoms with van der Waals surface area (Å²) in [5.74, 6) is -0.496. The van der Waals surface area contributed by atoms with E-state index in [1.165, 1.54) is 30.4 Å². The third-order valence-electron chi connectivity index (χ3n) is 1.31. The molecule has 4 nitrogen and oxygen atoms in total. The van der Waals surface area contributed by atoms with Gasteiger partial charge in [0.25, 0.3) is 0 Å². The number of nitrogens with one attached hydrogen (secondary N) is 1. The molecule has 2 rings (SSSR count). The number of nitrogens with zero attached hydrogens (tertiary/aromatic N) is 3. The molecule has 0 atom stereocenters. The second-order valence-electron chi connectivity index (χ2n) is 2.21. The minimum absolute atomic E-state index is 0.496. The van der Waals surface area contributed by atoms with Crippen molar-refractivity contribution >= 4 is 11.8 Å². The molecular formula is C7H5FN4S. The number of halogens is 1. The molecule has 0 spiro atoms. The molecule has 0 aliphatic heterocycles. The Morgan fingerprint density at radius 1 is 1.38 bits per heavy atom. The van der Waals surface area contributed by atoms with Gasteiger partial charge >= 0.3 is 0 Å². The van der Waals surface area contributed by atoms with E-state index in [4.69, 9.17) is 0 Å². The largest absolute Gasteiger partial charge is 0.254 e. The summed E-state index contributed by atoms with van der Waals surface area (Å²) in [7, 11) is 0. The highest BCUT2D eigenvalue weighted by atomic mass is 32.2. The van der Waals surface area contributed by atoms with Gasteiger partial charge in [0.15, 0.2) is 5.16 Å². The molecule has 0 radical (unpaired) electrons. The Bertz CT molecular complexity index is 389. The van der Waals surface area contributed by atoms with Crippen molar-refractivity contribution in [3.63, 3.8) is 0 Å². The number of rotatable bonds is 2. The molecule has 0 unspecified atom stereocenters. The molecule has 2 heterocycles. The molecule has 0 saturated carbocycles. The zero-order chi connectivity index (χ0) is 9.10. The van der Waals surface area contributed by atoms with Crippen molar-refractivity contribution in [1.82, 2.24) is 20.2 Å². The summed E-state index contributed by atoms with van der Waals surface area (Å²) < 4.78 is 12.6. The standard InChI is InChI=1S/C7H5FN4S/c8-6-3-5(1-2-9-6)13-7-10-4-11-12-7/h1-4H,(H,10,11,12). The number of hydrogen-bond acceptors (Lipinski definition) is 4. The van der Waals surface area contributed by atoms with E-state index in [1.54, 1.807) is 6.07 Å². The number of pyridine rings is 1. The van der Waals surface area contributed by atoms with Crippen LogP contribution in [0, 0.1) is 5.95 Å². The summed E-state index contributed by atoms with van der Waals surface area (Å²) in [6.07, 6.45) is 2.81. The van der Waals surface area contributed by atoms with Crippen LogP contribution in [-0.2, 0) is 0 Å². The fraction of sp³-hybridized carbons (Fsp3) is 0. The van der Waals surface area contributed by atoms with Gasteiger partial charge in [0.2, 0.25) is 5.95 Å². The van der Waals surface area contributed by atoms with Crippen LogP contribution in [0.5, 0.6) is 0 Å². The van der Waals surface area contributed by atoms with Gasteiger partial charge < -0.3 is 0 Å². The predicted molar refractivity (Wildman–Crippen MR) is 44.7 cm³/mol. The van der Waals surface area contributed by atoms with Gasteiger partial charge in [-0.05, 0) is 6.07 Å². The second-order valence-corrected chi connectivity index (χ2v) is 3.27. The van der Waals surface area contributed by atoms with Crippen LogP contribution in [0.4, 0.5) is 4.39 Å². The van der Waals surface area contributed by atoms with Crippen molar-refractivity contribution in [2.75, 3.05) is 0 Å². The summed E-state index contributed by atoms with van der Waals surface area (Å²) >= 11 is 1.30. The molecule has 6 heteroatoms. The van der Waals surface area contributed by atoms with Gasteiger partial charge in [0.1, 0.15) is 6.33 Å². The van der Waals surface area contributed by atoms with Gasteiger partial charge in [-0.3, -0.25) is 5.10 Å². The first-order chi connectivity index (χ1) is 6.34. The van der Waals surface area contributed by atoms with Crippen molar-refractivity contribution in [3.05, 3.63) is 30.6 Å². The van der Waals surface area contributed by atoms with Crippen molar-refractivity contribution in [2.45, 2.75) is 10.1 Å². The quantitative estimate of drug-likeness (QED) is 0.739. The molecule has 0 aliphatic carbocycles. The van der Waals surface area contributed by atoms with Gasteiger partial charge in [-0.25, -0.2) is 9.97 Å². The number of aromatic amines is 1. The van der Waals surface area contributed by atoms with Crippen LogP contribution >= 0.6 is 11.8 Å². The van der Waals surface area contributed by atoms with Crippen LogP contribution in [0.1, 0.15) is 0 Å². The Kier molecular flexibility index (Phi) is 2.22. The third kappa shape index (κ3) is 2.03. The SMILES string of the molecule is Fc1cc(Sc2ncn[nH]2)ccn1. The molecule has 0 amide bonds. The fourth-order valence-corrected chi connectivity index (χ4v) is 1.51. The molecule has 0 aromatic carbocycles. The maximum atomic E-state index is 12.6. The lowest BCUT2D eigenvalue weighted by molar-refractivity contribution is 0.579. The van der Waals surface area contributed by atoms with E-state index in [9.17, 15) is 4.39 Å². The van der Waals surface area contributed by atoms with E-state index in [2.05, 4.69) is 20.2 Å². The van der Waals surface area contributed by atoms with Crippen molar-refractivity contribution in [2.24, 2.45) is 0 Å². The molecule has 0 bridgehead atoms. The molecule has 13 heavy (non-hydrogen) atoms. The van der Waals surface area contributed by atoms with E-state index >= 15 is 0 Å². The van der Waals surface area contributed by atoms with Gasteiger partial charge in [-0.2, -0.15) is 9.49 Å². The zero-order valence-electron chi connectivity index (χ0n) is 6.44. The molecule has 0 aliphatic rings. The highest BCUT2D eigenvalue weighted by Crippen LogP contribution is 2.23. The first-order valence-electron chi connectivity index (χ1n) is 3.49. The molecule has 1 N–H and O–H groups in total. The van der Waals surface area contributed by atoms with Gasteiger partial charge in [-0.15, -0.1) is 0 Å². The summed E-state index contributed by atoms with van der Waals surface area (Å²) in [5, 5.41) is 6.97. The number of H-pyrrole nitrogens is 1. The van der Waals surface area contributed by atoms with E-state index in [-0.39, 0.29) is 0 Å². The van der Waals surface area contributed by atoms with E-state index in [0.717, 1.165) is 4.90 Å². The Labute approximate surface area is 77.6 Å². The average Bonchev–Trinajstić information content (AvgIpc) is 2.57. The highest BCUT2D eigenvalue weighted by Gasteiger charge is 2.00. The Balaban J connectivity index is 2.19. The van der Waals surface area contributed by atoms with Crippen LogP contribution < -0.4 is 0 Å². The van der Waals surface area contributed by atoms with Crippen LogP contribution in [0.15, 0.2) is 34.7 Å². The monoisotopic (exact) mass is 196 g/mol. The third-order valence-corrected chi connectivity index (χ3v) is 2.19. The minimum atomic E-state index is -0.496.